The Balaban J connectivity index is 2.67. The fourth-order valence-corrected chi connectivity index (χ4v) is 1.31. The molecule has 0 spiro atoms. The van der Waals surface area contributed by atoms with E-state index in [0.29, 0.717) is 6.42 Å². The number of hydrogen-bond acceptors (Lipinski definition) is 2. The van der Waals surface area contributed by atoms with E-state index in [2.05, 4.69) is 5.32 Å². The first kappa shape index (κ1) is 10.9. The molecule has 1 rings (SSSR count). The lowest BCUT2D eigenvalue weighted by atomic mass is 10.0. The summed E-state index contributed by atoms with van der Waals surface area (Å²) in [6.07, 6.45) is 0.603. The molecular formula is C11H14FNO. The summed E-state index contributed by atoms with van der Waals surface area (Å²) in [6.45, 7) is 1.55. The van der Waals surface area contributed by atoms with E-state index in [4.69, 9.17) is 0 Å². The van der Waals surface area contributed by atoms with Crippen molar-refractivity contribution < 1.29 is 9.18 Å². The summed E-state index contributed by atoms with van der Waals surface area (Å²) < 4.78 is 12.6. The molecule has 0 aliphatic rings. The second-order valence-electron chi connectivity index (χ2n) is 3.28. The van der Waals surface area contributed by atoms with Crippen LogP contribution < -0.4 is 5.32 Å². The fourth-order valence-electron chi connectivity index (χ4n) is 1.31. The summed E-state index contributed by atoms with van der Waals surface area (Å²) in [6, 6.07) is 6.02. The van der Waals surface area contributed by atoms with Gasteiger partial charge in [-0.2, -0.15) is 0 Å². The van der Waals surface area contributed by atoms with Crippen LogP contribution in [0.5, 0.6) is 0 Å². The van der Waals surface area contributed by atoms with Crippen molar-refractivity contribution in [1.82, 2.24) is 5.32 Å². The van der Waals surface area contributed by atoms with Crippen LogP contribution in [0.1, 0.15) is 12.5 Å². The van der Waals surface area contributed by atoms with Gasteiger partial charge in [-0.05, 0) is 38.1 Å². The minimum atomic E-state index is -0.252. The van der Waals surface area contributed by atoms with Crippen LogP contribution in [-0.4, -0.2) is 18.9 Å². The van der Waals surface area contributed by atoms with Crippen LogP contribution in [0.25, 0.3) is 0 Å². The second kappa shape index (κ2) is 4.86. The van der Waals surface area contributed by atoms with Gasteiger partial charge in [0.25, 0.3) is 0 Å². The highest BCUT2D eigenvalue weighted by Crippen LogP contribution is 2.06. The summed E-state index contributed by atoms with van der Waals surface area (Å²) in [4.78, 5) is 11.1. The van der Waals surface area contributed by atoms with Crippen molar-refractivity contribution in [2.24, 2.45) is 0 Å². The van der Waals surface area contributed by atoms with Crippen LogP contribution in [0.15, 0.2) is 24.3 Å². The van der Waals surface area contributed by atoms with Crippen molar-refractivity contribution in [1.29, 1.82) is 0 Å². The van der Waals surface area contributed by atoms with E-state index in [1.54, 1.807) is 26.1 Å². The zero-order valence-corrected chi connectivity index (χ0v) is 8.38. The number of benzene rings is 1. The maximum atomic E-state index is 12.6. The Hall–Kier alpha value is -1.22. The SMILES string of the molecule is CNC(Cc1ccc(F)cc1)C(C)=O. The predicted molar refractivity (Wildman–Crippen MR) is 53.6 cm³/mol. The highest BCUT2D eigenvalue weighted by molar-refractivity contribution is 5.81. The third-order valence-corrected chi connectivity index (χ3v) is 2.19. The molecule has 14 heavy (non-hydrogen) atoms. The predicted octanol–water partition coefficient (Wildman–Crippen LogP) is 1.55. The molecule has 0 aliphatic heterocycles. The van der Waals surface area contributed by atoms with Crippen molar-refractivity contribution in [3.05, 3.63) is 35.6 Å². The monoisotopic (exact) mass is 195 g/mol. The molecule has 0 saturated heterocycles. The highest BCUT2D eigenvalue weighted by Gasteiger charge is 2.11. The number of carbonyl (C=O) groups excluding carboxylic acids is 1. The molecule has 2 nitrogen and oxygen atoms in total. The molecular weight excluding hydrogens is 181 g/mol. The molecule has 0 saturated carbocycles. The van der Waals surface area contributed by atoms with E-state index >= 15 is 0 Å². The molecule has 0 heterocycles. The van der Waals surface area contributed by atoms with Gasteiger partial charge in [-0.1, -0.05) is 12.1 Å². The largest absolute Gasteiger partial charge is 0.310 e. The molecule has 0 fully saturated rings. The molecule has 1 aromatic rings. The number of nitrogens with one attached hydrogen (secondary N) is 1. The van der Waals surface area contributed by atoms with Gasteiger partial charge in [-0.25, -0.2) is 4.39 Å². The maximum Gasteiger partial charge on any atom is 0.147 e. The van der Waals surface area contributed by atoms with Crippen LogP contribution in [0.3, 0.4) is 0 Å². The van der Waals surface area contributed by atoms with Crippen LogP contribution in [0.4, 0.5) is 4.39 Å². The zero-order chi connectivity index (χ0) is 10.6. The van der Waals surface area contributed by atoms with E-state index in [-0.39, 0.29) is 17.6 Å². The van der Waals surface area contributed by atoms with E-state index in [1.165, 1.54) is 12.1 Å². The van der Waals surface area contributed by atoms with Crippen molar-refractivity contribution in [3.63, 3.8) is 0 Å². The van der Waals surface area contributed by atoms with Crippen LogP contribution in [-0.2, 0) is 11.2 Å². The second-order valence-corrected chi connectivity index (χ2v) is 3.28. The number of halogens is 1. The van der Waals surface area contributed by atoms with Crippen molar-refractivity contribution in [2.45, 2.75) is 19.4 Å². The van der Waals surface area contributed by atoms with Gasteiger partial charge in [0.2, 0.25) is 0 Å². The first-order valence-corrected chi connectivity index (χ1v) is 4.55. The quantitative estimate of drug-likeness (QED) is 0.789. The van der Waals surface area contributed by atoms with Gasteiger partial charge in [-0.15, -0.1) is 0 Å². The van der Waals surface area contributed by atoms with Gasteiger partial charge in [0.15, 0.2) is 0 Å². The van der Waals surface area contributed by atoms with Gasteiger partial charge in [0.05, 0.1) is 6.04 Å². The Labute approximate surface area is 83.1 Å². The van der Waals surface area contributed by atoms with Gasteiger partial charge < -0.3 is 5.32 Å². The summed E-state index contributed by atoms with van der Waals surface area (Å²) in [7, 11) is 1.75. The van der Waals surface area contributed by atoms with E-state index in [0.717, 1.165) is 5.56 Å². The molecule has 0 aliphatic carbocycles. The molecule has 1 unspecified atom stereocenters. The summed E-state index contributed by atoms with van der Waals surface area (Å²) >= 11 is 0. The van der Waals surface area contributed by atoms with E-state index in [9.17, 15) is 9.18 Å². The minimum Gasteiger partial charge on any atom is -0.310 e. The number of carbonyl (C=O) groups is 1. The zero-order valence-electron chi connectivity index (χ0n) is 8.38. The number of likely N-dealkylation sites (N-methyl/N-ethyl adjacent to an activating group) is 1. The smallest absolute Gasteiger partial charge is 0.147 e. The number of rotatable bonds is 4. The van der Waals surface area contributed by atoms with E-state index < -0.39 is 0 Å². The third kappa shape index (κ3) is 2.92. The molecule has 0 aromatic heterocycles. The molecule has 3 heteroatoms. The Morgan fingerprint density at radius 2 is 2.00 bits per heavy atom. The average Bonchev–Trinajstić information content (AvgIpc) is 2.16. The van der Waals surface area contributed by atoms with Gasteiger partial charge in [-0.3, -0.25) is 4.79 Å². The van der Waals surface area contributed by atoms with Crippen LogP contribution in [0.2, 0.25) is 0 Å². The Kier molecular flexibility index (Phi) is 3.77. The van der Waals surface area contributed by atoms with Gasteiger partial charge in [0, 0.05) is 0 Å². The molecule has 1 atom stereocenters. The Bertz CT molecular complexity index is 308. The van der Waals surface area contributed by atoms with Crippen LogP contribution in [0, 0.1) is 5.82 Å². The van der Waals surface area contributed by atoms with Crippen molar-refractivity contribution in [3.8, 4) is 0 Å². The highest BCUT2D eigenvalue weighted by atomic mass is 19.1. The summed E-state index contributed by atoms with van der Waals surface area (Å²) in [5.74, 6) is -0.158. The molecule has 0 radical (unpaired) electrons. The van der Waals surface area contributed by atoms with Gasteiger partial charge in [0.1, 0.15) is 11.6 Å². The summed E-state index contributed by atoms with van der Waals surface area (Å²) in [5, 5.41) is 2.92. The summed E-state index contributed by atoms with van der Waals surface area (Å²) in [5.41, 5.74) is 0.959. The maximum absolute atomic E-state index is 12.6. The number of ketones is 1. The third-order valence-electron chi connectivity index (χ3n) is 2.19. The Morgan fingerprint density at radius 3 is 2.43 bits per heavy atom. The normalized spacial score (nSPS) is 12.5. The van der Waals surface area contributed by atoms with Gasteiger partial charge >= 0.3 is 0 Å². The molecule has 1 aromatic carbocycles. The first-order valence-electron chi connectivity index (χ1n) is 4.55. The first-order chi connectivity index (χ1) is 6.63. The molecule has 1 N–H and O–H groups in total. The fraction of sp³-hybridized carbons (Fsp3) is 0.364. The van der Waals surface area contributed by atoms with E-state index in [1.807, 2.05) is 0 Å². The lowest BCUT2D eigenvalue weighted by molar-refractivity contribution is -0.118. The average molecular weight is 195 g/mol. The van der Waals surface area contributed by atoms with Crippen molar-refractivity contribution in [2.75, 3.05) is 7.05 Å². The van der Waals surface area contributed by atoms with Crippen molar-refractivity contribution >= 4 is 5.78 Å². The number of Topliss-reactive ketones (excluding diaryl/α,β-unsaturated/α-hetero) is 1. The van der Waals surface area contributed by atoms with Crippen LogP contribution >= 0.6 is 0 Å². The number of hydrogen-bond donors (Lipinski definition) is 1. The topological polar surface area (TPSA) is 29.1 Å². The molecule has 76 valence electrons. The molecule has 0 amide bonds. The lowest BCUT2D eigenvalue weighted by Crippen LogP contribution is -2.34. The minimum absolute atomic E-state index is 0.0943. The molecule has 0 bridgehead atoms. The Morgan fingerprint density at radius 1 is 1.43 bits per heavy atom. The lowest BCUT2D eigenvalue weighted by Gasteiger charge is -2.12. The standard InChI is InChI=1S/C11H14FNO/c1-8(14)11(13-2)7-9-3-5-10(12)6-4-9/h3-6,11,13H,7H2,1-2H3.